The second-order valence-corrected chi connectivity index (χ2v) is 8.89. The Balaban J connectivity index is 1.48. The van der Waals surface area contributed by atoms with E-state index in [9.17, 15) is 14.7 Å². The topological polar surface area (TPSA) is 110 Å². The number of fused-ring (bicyclic) bond motifs is 3. The smallest absolute Gasteiger partial charge is 0.264 e. The van der Waals surface area contributed by atoms with Gasteiger partial charge in [-0.15, -0.1) is 0 Å². The molecule has 1 saturated carbocycles. The zero-order valence-electron chi connectivity index (χ0n) is 18.0. The van der Waals surface area contributed by atoms with Crippen molar-refractivity contribution in [3.63, 3.8) is 0 Å². The van der Waals surface area contributed by atoms with Crippen LogP contribution in [0.2, 0.25) is 5.02 Å². The Kier molecular flexibility index (Phi) is 5.64. The van der Waals surface area contributed by atoms with Gasteiger partial charge in [0.2, 0.25) is 0 Å². The van der Waals surface area contributed by atoms with Gasteiger partial charge in [0.15, 0.2) is 6.10 Å². The Hall–Kier alpha value is -3.23. The molecular formula is C24H23ClN4O4. The van der Waals surface area contributed by atoms with Gasteiger partial charge in [0, 0.05) is 35.4 Å². The van der Waals surface area contributed by atoms with Crippen LogP contribution in [0.25, 0.3) is 21.8 Å². The Morgan fingerprint density at radius 2 is 2.12 bits per heavy atom. The van der Waals surface area contributed by atoms with Gasteiger partial charge in [0.1, 0.15) is 16.7 Å². The van der Waals surface area contributed by atoms with Crippen LogP contribution in [0.15, 0.2) is 52.0 Å². The minimum atomic E-state index is -1.29. The Morgan fingerprint density at radius 3 is 2.91 bits per heavy atom. The van der Waals surface area contributed by atoms with E-state index in [4.69, 9.17) is 16.1 Å². The highest BCUT2D eigenvalue weighted by Crippen LogP contribution is 2.35. The molecule has 1 aliphatic carbocycles. The van der Waals surface area contributed by atoms with Gasteiger partial charge in [-0.3, -0.25) is 14.6 Å². The number of nitrogens with zero attached hydrogens (tertiary/aromatic N) is 3. The monoisotopic (exact) mass is 466 g/mol. The number of pyridine rings is 2. The number of aromatic nitrogens is 3. The molecule has 3 aromatic heterocycles. The Morgan fingerprint density at radius 1 is 1.27 bits per heavy atom. The number of amides is 1. The fourth-order valence-electron chi connectivity index (χ4n) is 4.83. The van der Waals surface area contributed by atoms with Crippen LogP contribution in [-0.2, 0) is 4.79 Å². The van der Waals surface area contributed by atoms with Crippen LogP contribution in [-0.4, -0.2) is 31.8 Å². The fourth-order valence-corrected chi connectivity index (χ4v) is 5.09. The molecule has 0 aliphatic heterocycles. The zero-order valence-corrected chi connectivity index (χ0v) is 18.7. The van der Waals surface area contributed by atoms with E-state index in [1.165, 1.54) is 6.20 Å². The molecule has 5 rings (SSSR count). The normalized spacial score (nSPS) is 19.6. The number of hydrogen-bond donors (Lipinski definition) is 2. The number of hydrogen-bond acceptors (Lipinski definition) is 6. The predicted octanol–water partition coefficient (Wildman–Crippen LogP) is 3.83. The number of carbonyl (C=O) groups excluding carboxylic acids is 1. The van der Waals surface area contributed by atoms with Crippen LogP contribution in [0.1, 0.15) is 49.2 Å². The minimum absolute atomic E-state index is 0.147. The molecule has 4 aromatic rings. The number of halogens is 1. The van der Waals surface area contributed by atoms with Gasteiger partial charge in [-0.1, -0.05) is 28.9 Å². The molecule has 170 valence electrons. The summed E-state index contributed by atoms with van der Waals surface area (Å²) in [5, 5.41) is 19.1. The number of nitrogens with one attached hydrogen (secondary N) is 1. The molecule has 3 heterocycles. The third-order valence-corrected chi connectivity index (χ3v) is 6.70. The minimum Gasteiger partial charge on any atom is -0.378 e. The second kappa shape index (κ2) is 8.61. The number of rotatable bonds is 4. The average Bonchev–Trinajstić information content (AvgIpc) is 3.21. The summed E-state index contributed by atoms with van der Waals surface area (Å²) in [7, 11) is 0. The van der Waals surface area contributed by atoms with E-state index in [2.05, 4.69) is 15.5 Å². The summed E-state index contributed by atoms with van der Waals surface area (Å²) in [6.07, 6.45) is 4.70. The molecule has 1 aromatic carbocycles. The molecule has 0 spiro atoms. The lowest BCUT2D eigenvalue weighted by Crippen LogP contribution is -2.42. The number of aliphatic hydroxyl groups is 1. The van der Waals surface area contributed by atoms with Crippen molar-refractivity contribution in [2.45, 2.75) is 50.8 Å². The molecule has 2 N–H and O–H groups in total. The first-order chi connectivity index (χ1) is 16.0. The van der Waals surface area contributed by atoms with Crippen LogP contribution >= 0.6 is 11.6 Å². The standard InChI is InChI=1S/C24H23ClN4O4/c1-13-19-21(28-33-13)20-17(25)8-3-9-18(20)29(24(19)32)16-7-2-6-15(11-16)27-23(31)22(30)14-5-4-10-26-12-14/h3-5,8-10,12,15-16,22,30H,2,6-7,11H2,1H3,(H,27,31). The van der Waals surface area contributed by atoms with Crippen LogP contribution in [0.3, 0.4) is 0 Å². The van der Waals surface area contributed by atoms with Gasteiger partial charge in [-0.2, -0.15) is 0 Å². The van der Waals surface area contributed by atoms with Gasteiger partial charge < -0.3 is 19.5 Å². The second-order valence-electron chi connectivity index (χ2n) is 8.49. The molecule has 1 aliphatic rings. The lowest BCUT2D eigenvalue weighted by atomic mass is 9.90. The number of benzene rings is 1. The summed E-state index contributed by atoms with van der Waals surface area (Å²) < 4.78 is 7.10. The van der Waals surface area contributed by atoms with Crippen molar-refractivity contribution < 1.29 is 14.4 Å². The Bertz CT molecular complexity index is 1400. The molecule has 8 nitrogen and oxygen atoms in total. The van der Waals surface area contributed by atoms with E-state index < -0.39 is 12.0 Å². The van der Waals surface area contributed by atoms with Crippen molar-refractivity contribution in [1.82, 2.24) is 20.0 Å². The summed E-state index contributed by atoms with van der Waals surface area (Å²) in [6, 6.07) is 8.45. The molecule has 33 heavy (non-hydrogen) atoms. The van der Waals surface area contributed by atoms with Gasteiger partial charge in [0.25, 0.3) is 11.5 Å². The lowest BCUT2D eigenvalue weighted by molar-refractivity contribution is -0.130. The maximum absolute atomic E-state index is 13.5. The molecule has 0 bridgehead atoms. The van der Waals surface area contributed by atoms with E-state index >= 15 is 0 Å². The molecule has 9 heteroatoms. The van der Waals surface area contributed by atoms with Gasteiger partial charge in [-0.05, 0) is 50.8 Å². The third-order valence-electron chi connectivity index (χ3n) is 6.39. The first kappa shape index (κ1) is 21.6. The summed E-state index contributed by atoms with van der Waals surface area (Å²) in [6.45, 7) is 1.72. The fraction of sp³-hybridized carbons (Fsp3) is 0.333. The predicted molar refractivity (Wildman–Crippen MR) is 124 cm³/mol. The zero-order chi connectivity index (χ0) is 23.1. The molecule has 0 radical (unpaired) electrons. The number of carbonyl (C=O) groups is 1. The van der Waals surface area contributed by atoms with E-state index in [1.807, 2.05) is 12.1 Å². The first-order valence-electron chi connectivity index (χ1n) is 10.9. The molecule has 1 fully saturated rings. The van der Waals surface area contributed by atoms with Crippen LogP contribution < -0.4 is 10.9 Å². The highest BCUT2D eigenvalue weighted by atomic mass is 35.5. The van der Waals surface area contributed by atoms with E-state index in [0.29, 0.717) is 44.6 Å². The van der Waals surface area contributed by atoms with Gasteiger partial charge in [-0.25, -0.2) is 0 Å². The van der Waals surface area contributed by atoms with Crippen molar-refractivity contribution in [3.05, 3.63) is 69.4 Å². The maximum Gasteiger partial charge on any atom is 0.264 e. The highest BCUT2D eigenvalue weighted by molar-refractivity contribution is 6.37. The molecule has 3 atom stereocenters. The van der Waals surface area contributed by atoms with Gasteiger partial charge >= 0.3 is 0 Å². The first-order valence-corrected chi connectivity index (χ1v) is 11.3. The Labute approximate surface area is 194 Å². The van der Waals surface area contributed by atoms with Crippen LogP contribution in [0.4, 0.5) is 0 Å². The highest BCUT2D eigenvalue weighted by Gasteiger charge is 2.30. The number of aliphatic hydroxyl groups excluding tert-OH is 1. The SMILES string of the molecule is Cc1onc2c1c(=O)n(C1CCCC(NC(=O)C(O)c3cccnc3)C1)c1cccc(Cl)c21. The lowest BCUT2D eigenvalue weighted by Gasteiger charge is -2.32. The summed E-state index contributed by atoms with van der Waals surface area (Å²) in [4.78, 5) is 30.2. The third kappa shape index (κ3) is 3.79. The molecular weight excluding hydrogens is 444 g/mol. The van der Waals surface area contributed by atoms with Crippen LogP contribution in [0, 0.1) is 6.92 Å². The van der Waals surface area contributed by atoms with Crippen molar-refractivity contribution in [1.29, 1.82) is 0 Å². The summed E-state index contributed by atoms with van der Waals surface area (Å²) in [5.41, 5.74) is 1.42. The molecule has 1 amide bonds. The maximum atomic E-state index is 13.5. The summed E-state index contributed by atoms with van der Waals surface area (Å²) >= 11 is 6.51. The molecule has 0 saturated heterocycles. The van der Waals surface area contributed by atoms with Crippen molar-refractivity contribution in [2.24, 2.45) is 0 Å². The van der Waals surface area contributed by atoms with Crippen LogP contribution in [0.5, 0.6) is 0 Å². The van der Waals surface area contributed by atoms with E-state index in [0.717, 1.165) is 19.3 Å². The average molecular weight is 467 g/mol. The van der Waals surface area contributed by atoms with Gasteiger partial charge in [0.05, 0.1) is 10.5 Å². The van der Waals surface area contributed by atoms with Crippen molar-refractivity contribution >= 4 is 39.3 Å². The number of aryl methyl sites for hydroxylation is 1. The van der Waals surface area contributed by atoms with E-state index in [1.54, 1.807) is 35.9 Å². The van der Waals surface area contributed by atoms with Crippen molar-refractivity contribution in [2.75, 3.05) is 0 Å². The van der Waals surface area contributed by atoms with E-state index in [-0.39, 0.29) is 17.6 Å². The van der Waals surface area contributed by atoms with Crippen molar-refractivity contribution in [3.8, 4) is 0 Å². The largest absolute Gasteiger partial charge is 0.378 e. The summed E-state index contributed by atoms with van der Waals surface area (Å²) in [5.74, 6) is -0.0231. The molecule has 3 unspecified atom stereocenters. The quantitative estimate of drug-likeness (QED) is 0.473.